The van der Waals surface area contributed by atoms with Crippen LogP contribution in [0.15, 0.2) is 54.7 Å². The molecule has 3 rings (SSSR count). The maximum atomic E-state index is 12.3. The Morgan fingerprint density at radius 2 is 1.79 bits per heavy atom. The highest BCUT2D eigenvalue weighted by Gasteiger charge is 2.12. The average Bonchev–Trinajstić information content (AvgIpc) is 3.08. The van der Waals surface area contributed by atoms with Crippen molar-refractivity contribution >= 4 is 34.6 Å². The molecule has 144 valence electrons. The molecule has 1 aromatic heterocycles. The van der Waals surface area contributed by atoms with Crippen LogP contribution in [0.1, 0.15) is 31.9 Å². The number of nitrogens with zero attached hydrogens (tertiary/aromatic N) is 2. The number of rotatable bonds is 3. The fourth-order valence-corrected chi connectivity index (χ4v) is 2.81. The molecule has 3 aromatic rings. The number of carbonyl (C=O) groups excluding carboxylic acids is 2. The lowest BCUT2D eigenvalue weighted by Gasteiger charge is -2.18. The Bertz CT molecular complexity index is 1040. The van der Waals surface area contributed by atoms with E-state index < -0.39 is 0 Å². The quantitative estimate of drug-likeness (QED) is 0.674. The van der Waals surface area contributed by atoms with E-state index in [0.717, 1.165) is 10.9 Å². The number of hydrogen-bond donors (Lipinski definition) is 2. The Morgan fingerprint density at radius 3 is 2.43 bits per heavy atom. The Balaban J connectivity index is 1.72. The van der Waals surface area contributed by atoms with Gasteiger partial charge in [-0.25, -0.2) is 4.79 Å². The molecule has 6 heteroatoms. The van der Waals surface area contributed by atoms with Crippen molar-refractivity contribution in [3.8, 4) is 0 Å². The van der Waals surface area contributed by atoms with Crippen LogP contribution < -0.4 is 10.6 Å². The molecule has 0 radical (unpaired) electrons. The van der Waals surface area contributed by atoms with Crippen molar-refractivity contribution < 1.29 is 9.59 Å². The van der Waals surface area contributed by atoms with Gasteiger partial charge in [-0.3, -0.25) is 4.79 Å². The molecule has 0 aliphatic rings. The Morgan fingerprint density at radius 1 is 1.07 bits per heavy atom. The number of anilines is 1. The van der Waals surface area contributed by atoms with E-state index in [1.807, 2.05) is 18.2 Å². The van der Waals surface area contributed by atoms with Gasteiger partial charge in [-0.05, 0) is 40.8 Å². The highest BCUT2D eigenvalue weighted by molar-refractivity contribution is 6.03. The number of hydrogen-bond acceptors (Lipinski definition) is 3. The summed E-state index contributed by atoms with van der Waals surface area (Å²) >= 11 is 0. The smallest absolute Gasteiger partial charge is 0.339 e. The second-order valence-corrected chi connectivity index (χ2v) is 7.58. The predicted octanol–water partition coefficient (Wildman–Crippen LogP) is 4.17. The van der Waals surface area contributed by atoms with E-state index in [9.17, 15) is 9.59 Å². The van der Waals surface area contributed by atoms with E-state index in [4.69, 9.17) is 0 Å². The number of carbonyl (C=O) groups is 2. The van der Waals surface area contributed by atoms with Gasteiger partial charge in [0.1, 0.15) is 0 Å². The van der Waals surface area contributed by atoms with E-state index in [-0.39, 0.29) is 17.4 Å². The molecule has 0 saturated carbocycles. The minimum Gasteiger partial charge on any atom is -0.339 e. The molecule has 0 bridgehead atoms. The number of benzene rings is 2. The number of fused-ring (bicyclic) bond motifs is 1. The molecule has 2 N–H and O–H groups in total. The summed E-state index contributed by atoms with van der Waals surface area (Å²) in [6, 6.07) is 13.1. The summed E-state index contributed by atoms with van der Waals surface area (Å²) in [6.45, 7) is 6.49. The molecule has 2 aromatic carbocycles. The SMILES string of the molecule is CNC(=O)n1ncc2ccc(NC(=O)/C=C/c3ccc(C(C)(C)C)cc3)cc21. The Kier molecular flexibility index (Phi) is 5.31. The van der Waals surface area contributed by atoms with Gasteiger partial charge in [0.2, 0.25) is 5.91 Å². The Hall–Kier alpha value is -3.41. The fourth-order valence-electron chi connectivity index (χ4n) is 2.81. The van der Waals surface area contributed by atoms with Gasteiger partial charge in [-0.2, -0.15) is 9.78 Å². The molecule has 28 heavy (non-hydrogen) atoms. The third kappa shape index (κ3) is 4.28. The molecule has 0 atom stereocenters. The molecule has 0 fully saturated rings. The topological polar surface area (TPSA) is 76.0 Å². The van der Waals surface area contributed by atoms with E-state index in [1.54, 1.807) is 31.5 Å². The van der Waals surface area contributed by atoms with Crippen LogP contribution in [-0.4, -0.2) is 28.8 Å². The maximum absolute atomic E-state index is 12.3. The molecule has 6 nitrogen and oxygen atoms in total. The summed E-state index contributed by atoms with van der Waals surface area (Å²) in [5.74, 6) is -0.245. The highest BCUT2D eigenvalue weighted by atomic mass is 16.2. The highest BCUT2D eigenvalue weighted by Crippen LogP contribution is 2.22. The summed E-state index contributed by atoms with van der Waals surface area (Å²) in [5.41, 5.74) is 3.51. The van der Waals surface area contributed by atoms with E-state index in [0.29, 0.717) is 11.2 Å². The monoisotopic (exact) mass is 376 g/mol. The minimum atomic E-state index is -0.336. The summed E-state index contributed by atoms with van der Waals surface area (Å²) in [6.07, 6.45) is 4.87. The molecule has 0 saturated heterocycles. The zero-order chi connectivity index (χ0) is 20.3. The molecule has 1 heterocycles. The normalized spacial score (nSPS) is 11.7. The first kappa shape index (κ1) is 19.4. The predicted molar refractivity (Wildman–Crippen MR) is 112 cm³/mol. The first-order chi connectivity index (χ1) is 13.3. The second kappa shape index (κ2) is 7.68. The summed E-state index contributed by atoms with van der Waals surface area (Å²) in [4.78, 5) is 24.1. The third-order valence-electron chi connectivity index (χ3n) is 4.45. The van der Waals surface area contributed by atoms with Gasteiger partial charge in [0.15, 0.2) is 0 Å². The Labute approximate surface area is 164 Å². The summed E-state index contributed by atoms with van der Waals surface area (Å²) < 4.78 is 1.26. The van der Waals surface area contributed by atoms with Crippen LogP contribution in [0, 0.1) is 0 Å². The first-order valence-corrected chi connectivity index (χ1v) is 9.07. The molecule has 0 aliphatic heterocycles. The van der Waals surface area contributed by atoms with Crippen molar-refractivity contribution in [1.29, 1.82) is 0 Å². The van der Waals surface area contributed by atoms with E-state index >= 15 is 0 Å². The standard InChI is InChI=1S/C22H24N4O2/c1-22(2,3)17-9-5-15(6-10-17)7-12-20(27)25-18-11-8-16-14-24-26(19(16)13-18)21(28)23-4/h5-14H,1-4H3,(H,23,28)(H,25,27)/b12-7+. The summed E-state index contributed by atoms with van der Waals surface area (Å²) in [7, 11) is 1.54. The molecular formula is C22H24N4O2. The van der Waals surface area contributed by atoms with Crippen LogP contribution in [0.3, 0.4) is 0 Å². The van der Waals surface area contributed by atoms with Gasteiger partial charge in [-0.1, -0.05) is 45.0 Å². The van der Waals surface area contributed by atoms with Crippen molar-refractivity contribution in [1.82, 2.24) is 15.1 Å². The van der Waals surface area contributed by atoms with Crippen molar-refractivity contribution in [3.05, 3.63) is 65.9 Å². The lowest BCUT2D eigenvalue weighted by Crippen LogP contribution is -2.25. The zero-order valence-corrected chi connectivity index (χ0v) is 16.5. The van der Waals surface area contributed by atoms with Gasteiger partial charge in [0, 0.05) is 24.2 Å². The van der Waals surface area contributed by atoms with Crippen LogP contribution in [0.2, 0.25) is 0 Å². The van der Waals surface area contributed by atoms with Crippen molar-refractivity contribution in [2.75, 3.05) is 12.4 Å². The first-order valence-electron chi connectivity index (χ1n) is 9.07. The number of amides is 2. The van der Waals surface area contributed by atoms with Crippen LogP contribution in [0.4, 0.5) is 10.5 Å². The van der Waals surface area contributed by atoms with Crippen molar-refractivity contribution in [3.63, 3.8) is 0 Å². The van der Waals surface area contributed by atoms with Gasteiger partial charge in [0.25, 0.3) is 0 Å². The molecule has 2 amide bonds. The van der Waals surface area contributed by atoms with Gasteiger partial charge in [-0.15, -0.1) is 0 Å². The number of nitrogens with one attached hydrogen (secondary N) is 2. The molecule has 0 unspecified atom stereocenters. The number of aromatic nitrogens is 2. The van der Waals surface area contributed by atoms with Crippen molar-refractivity contribution in [2.24, 2.45) is 0 Å². The average molecular weight is 376 g/mol. The zero-order valence-electron chi connectivity index (χ0n) is 16.5. The van der Waals surface area contributed by atoms with Gasteiger partial charge in [0.05, 0.1) is 11.7 Å². The van der Waals surface area contributed by atoms with Crippen LogP contribution in [-0.2, 0) is 10.2 Å². The van der Waals surface area contributed by atoms with Crippen LogP contribution >= 0.6 is 0 Å². The second-order valence-electron chi connectivity index (χ2n) is 7.58. The molecular weight excluding hydrogens is 352 g/mol. The molecule has 0 aliphatic carbocycles. The third-order valence-corrected chi connectivity index (χ3v) is 4.45. The van der Waals surface area contributed by atoms with Crippen molar-refractivity contribution in [2.45, 2.75) is 26.2 Å². The van der Waals surface area contributed by atoms with Crippen LogP contribution in [0.5, 0.6) is 0 Å². The lowest BCUT2D eigenvalue weighted by atomic mass is 9.87. The maximum Gasteiger partial charge on any atom is 0.342 e. The van der Waals surface area contributed by atoms with Gasteiger partial charge < -0.3 is 10.6 Å². The fraction of sp³-hybridized carbons (Fsp3) is 0.227. The summed E-state index contributed by atoms with van der Waals surface area (Å²) in [5, 5.41) is 10.2. The van der Waals surface area contributed by atoms with E-state index in [1.165, 1.54) is 16.3 Å². The van der Waals surface area contributed by atoms with Gasteiger partial charge >= 0.3 is 6.03 Å². The lowest BCUT2D eigenvalue weighted by molar-refractivity contribution is -0.111. The largest absolute Gasteiger partial charge is 0.342 e. The minimum absolute atomic E-state index is 0.0967. The molecule has 0 spiro atoms. The van der Waals surface area contributed by atoms with E-state index in [2.05, 4.69) is 48.6 Å². The van der Waals surface area contributed by atoms with Crippen LogP contribution in [0.25, 0.3) is 17.0 Å².